The van der Waals surface area contributed by atoms with Crippen LogP contribution >= 0.6 is 0 Å². The lowest BCUT2D eigenvalue weighted by Gasteiger charge is -2.24. The summed E-state index contributed by atoms with van der Waals surface area (Å²) in [4.78, 5) is 11.7. The van der Waals surface area contributed by atoms with Crippen LogP contribution in [0.25, 0.3) is 0 Å². The smallest absolute Gasteiger partial charge is 0.242 e. The van der Waals surface area contributed by atoms with Crippen LogP contribution in [0.5, 0.6) is 5.75 Å². The summed E-state index contributed by atoms with van der Waals surface area (Å²) in [5, 5.41) is 15.0. The van der Waals surface area contributed by atoms with Crippen LogP contribution in [-0.4, -0.2) is 25.6 Å². The van der Waals surface area contributed by atoms with Crippen molar-refractivity contribution in [1.82, 2.24) is 5.32 Å². The number of piperidine rings is 1. The summed E-state index contributed by atoms with van der Waals surface area (Å²) in [6, 6.07) is 6.97. The van der Waals surface area contributed by atoms with Gasteiger partial charge in [-0.15, -0.1) is 0 Å². The van der Waals surface area contributed by atoms with E-state index in [4.69, 9.17) is 10.00 Å². The van der Waals surface area contributed by atoms with E-state index in [1.165, 1.54) is 0 Å². The van der Waals surface area contributed by atoms with Crippen molar-refractivity contribution < 1.29 is 9.53 Å². The number of carbonyl (C=O) groups excluding carboxylic acids is 1. The predicted molar refractivity (Wildman–Crippen MR) is 67.4 cm³/mol. The molecule has 1 aliphatic heterocycles. The average molecular weight is 245 g/mol. The van der Waals surface area contributed by atoms with E-state index in [2.05, 4.69) is 16.7 Å². The van der Waals surface area contributed by atoms with Crippen LogP contribution in [0.15, 0.2) is 18.2 Å². The Morgan fingerprint density at radius 1 is 1.56 bits per heavy atom. The van der Waals surface area contributed by atoms with Crippen molar-refractivity contribution in [2.45, 2.75) is 18.9 Å². The van der Waals surface area contributed by atoms with Gasteiger partial charge in [0, 0.05) is 12.6 Å². The fourth-order valence-electron chi connectivity index (χ4n) is 1.96. The Balaban J connectivity index is 2.21. The monoisotopic (exact) mass is 245 g/mol. The van der Waals surface area contributed by atoms with E-state index in [-0.39, 0.29) is 11.9 Å². The molecule has 18 heavy (non-hydrogen) atoms. The van der Waals surface area contributed by atoms with Crippen LogP contribution in [0.1, 0.15) is 18.4 Å². The number of anilines is 1. The van der Waals surface area contributed by atoms with E-state index < -0.39 is 0 Å². The average Bonchev–Trinajstić information content (AvgIpc) is 2.41. The molecule has 0 aromatic heterocycles. The van der Waals surface area contributed by atoms with E-state index in [1.54, 1.807) is 25.3 Å². The number of nitrogens with zero attached hydrogens (tertiary/aromatic N) is 1. The van der Waals surface area contributed by atoms with E-state index in [9.17, 15) is 4.79 Å². The summed E-state index contributed by atoms with van der Waals surface area (Å²) in [7, 11) is 1.57. The van der Waals surface area contributed by atoms with Gasteiger partial charge in [0.1, 0.15) is 17.9 Å². The second-order valence-electron chi connectivity index (χ2n) is 4.15. The molecule has 2 rings (SSSR count). The standard InChI is InChI=1S/C13H15N3O2/c1-18-10-5-4-9(8-14)12(7-10)16-11-3-2-6-15-13(11)17/h4-5,7,11,16H,2-3,6H2,1H3,(H,15,17). The van der Waals surface area contributed by atoms with Gasteiger partial charge in [0.2, 0.25) is 5.91 Å². The van der Waals surface area contributed by atoms with E-state index >= 15 is 0 Å². The summed E-state index contributed by atoms with van der Waals surface area (Å²) >= 11 is 0. The molecule has 5 nitrogen and oxygen atoms in total. The molecule has 1 aliphatic rings. The Bertz CT molecular complexity index is 493. The van der Waals surface area contributed by atoms with Crippen LogP contribution in [0.4, 0.5) is 5.69 Å². The number of rotatable bonds is 3. The maximum absolute atomic E-state index is 11.7. The highest BCUT2D eigenvalue weighted by Crippen LogP contribution is 2.23. The molecule has 1 aromatic rings. The minimum absolute atomic E-state index is 0.0204. The normalized spacial score (nSPS) is 18.7. The highest BCUT2D eigenvalue weighted by atomic mass is 16.5. The van der Waals surface area contributed by atoms with Crippen molar-refractivity contribution in [1.29, 1.82) is 5.26 Å². The Labute approximate surface area is 106 Å². The van der Waals surface area contributed by atoms with Crippen LogP contribution in [0.2, 0.25) is 0 Å². The maximum Gasteiger partial charge on any atom is 0.242 e. The summed E-state index contributed by atoms with van der Waals surface area (Å²) < 4.78 is 5.12. The topological polar surface area (TPSA) is 74.2 Å². The van der Waals surface area contributed by atoms with Crippen molar-refractivity contribution in [3.05, 3.63) is 23.8 Å². The summed E-state index contributed by atoms with van der Waals surface area (Å²) in [6.45, 7) is 0.722. The number of nitriles is 1. The fraction of sp³-hybridized carbons (Fsp3) is 0.385. The zero-order chi connectivity index (χ0) is 13.0. The van der Waals surface area contributed by atoms with Crippen LogP contribution in [-0.2, 0) is 4.79 Å². The molecule has 94 valence electrons. The second kappa shape index (κ2) is 5.41. The first kappa shape index (κ1) is 12.2. The molecule has 1 atom stereocenters. The SMILES string of the molecule is COc1ccc(C#N)c(NC2CCCNC2=O)c1. The van der Waals surface area contributed by atoms with Gasteiger partial charge in [-0.25, -0.2) is 0 Å². The lowest BCUT2D eigenvalue weighted by atomic mass is 10.1. The summed E-state index contributed by atoms with van der Waals surface area (Å²) in [5.74, 6) is 0.640. The number of carbonyl (C=O) groups is 1. The molecule has 1 amide bonds. The molecule has 1 aromatic carbocycles. The van der Waals surface area contributed by atoms with Crippen molar-refractivity contribution in [3.63, 3.8) is 0 Å². The first-order valence-corrected chi connectivity index (χ1v) is 5.87. The van der Waals surface area contributed by atoms with Gasteiger partial charge in [0.15, 0.2) is 0 Å². The van der Waals surface area contributed by atoms with Crippen molar-refractivity contribution >= 4 is 11.6 Å². The Hall–Kier alpha value is -2.22. The van der Waals surface area contributed by atoms with Gasteiger partial charge in [-0.2, -0.15) is 5.26 Å². The molecule has 2 N–H and O–H groups in total. The van der Waals surface area contributed by atoms with Gasteiger partial charge in [-0.05, 0) is 25.0 Å². The quantitative estimate of drug-likeness (QED) is 0.840. The molecule has 0 bridgehead atoms. The maximum atomic E-state index is 11.7. The lowest BCUT2D eigenvalue weighted by Crippen LogP contribution is -2.44. The minimum atomic E-state index is -0.280. The third kappa shape index (κ3) is 2.54. The molecule has 0 spiro atoms. The van der Waals surface area contributed by atoms with Gasteiger partial charge in [-0.1, -0.05) is 0 Å². The highest BCUT2D eigenvalue weighted by molar-refractivity contribution is 5.85. The Kier molecular flexibility index (Phi) is 3.68. The summed E-state index contributed by atoms with van der Waals surface area (Å²) in [6.07, 6.45) is 1.71. The fourth-order valence-corrected chi connectivity index (χ4v) is 1.96. The Morgan fingerprint density at radius 3 is 3.06 bits per heavy atom. The first-order chi connectivity index (χ1) is 8.74. The van der Waals surface area contributed by atoms with E-state index in [0.29, 0.717) is 17.0 Å². The predicted octanol–water partition coefficient (Wildman–Crippen LogP) is 1.26. The van der Waals surface area contributed by atoms with Gasteiger partial charge < -0.3 is 15.4 Å². The number of benzene rings is 1. The molecule has 1 heterocycles. The molecular weight excluding hydrogens is 230 g/mol. The van der Waals surface area contributed by atoms with Crippen LogP contribution in [0.3, 0.4) is 0 Å². The van der Waals surface area contributed by atoms with E-state index in [0.717, 1.165) is 19.4 Å². The number of ether oxygens (including phenoxy) is 1. The zero-order valence-corrected chi connectivity index (χ0v) is 10.2. The zero-order valence-electron chi connectivity index (χ0n) is 10.2. The molecular formula is C13H15N3O2. The number of hydrogen-bond donors (Lipinski definition) is 2. The molecule has 1 unspecified atom stereocenters. The molecule has 0 radical (unpaired) electrons. The van der Waals surface area contributed by atoms with Gasteiger partial charge in [0.25, 0.3) is 0 Å². The summed E-state index contributed by atoms with van der Waals surface area (Å²) in [5.41, 5.74) is 1.15. The second-order valence-corrected chi connectivity index (χ2v) is 4.15. The van der Waals surface area contributed by atoms with E-state index in [1.807, 2.05) is 0 Å². The molecule has 0 aliphatic carbocycles. The van der Waals surface area contributed by atoms with Gasteiger partial charge in [-0.3, -0.25) is 4.79 Å². The molecule has 1 saturated heterocycles. The lowest BCUT2D eigenvalue weighted by molar-refractivity contribution is -0.123. The van der Waals surface area contributed by atoms with Crippen LogP contribution in [0, 0.1) is 11.3 Å². The number of hydrogen-bond acceptors (Lipinski definition) is 4. The van der Waals surface area contributed by atoms with Crippen LogP contribution < -0.4 is 15.4 Å². The molecule has 5 heteroatoms. The largest absolute Gasteiger partial charge is 0.497 e. The molecule has 0 saturated carbocycles. The van der Waals surface area contributed by atoms with Crippen molar-refractivity contribution in [3.8, 4) is 11.8 Å². The Morgan fingerprint density at radius 2 is 2.39 bits per heavy atom. The van der Waals surface area contributed by atoms with Crippen molar-refractivity contribution in [2.75, 3.05) is 19.0 Å². The number of nitrogens with one attached hydrogen (secondary N) is 2. The third-order valence-electron chi connectivity index (χ3n) is 2.96. The number of amides is 1. The third-order valence-corrected chi connectivity index (χ3v) is 2.96. The van der Waals surface area contributed by atoms with Gasteiger partial charge in [0.05, 0.1) is 18.4 Å². The molecule has 1 fully saturated rings. The minimum Gasteiger partial charge on any atom is -0.497 e. The number of methoxy groups -OCH3 is 1. The van der Waals surface area contributed by atoms with Gasteiger partial charge >= 0.3 is 0 Å². The van der Waals surface area contributed by atoms with Crippen molar-refractivity contribution in [2.24, 2.45) is 0 Å². The first-order valence-electron chi connectivity index (χ1n) is 5.87. The highest BCUT2D eigenvalue weighted by Gasteiger charge is 2.22.